The Morgan fingerprint density at radius 1 is 0.929 bits per heavy atom. The molecule has 0 heterocycles. The van der Waals surface area contributed by atoms with Crippen molar-refractivity contribution in [2.45, 2.75) is 0 Å². The van der Waals surface area contributed by atoms with Gasteiger partial charge in [0.2, 0.25) is 0 Å². The molecule has 0 atom stereocenters. The van der Waals surface area contributed by atoms with Crippen LogP contribution in [0.15, 0.2) is 0 Å². The molecular formula is C9H20INO3. The van der Waals surface area contributed by atoms with Crippen LogP contribution in [0.2, 0.25) is 0 Å². The molecule has 86 valence electrons. The van der Waals surface area contributed by atoms with Crippen LogP contribution in [0, 0.1) is 0 Å². The van der Waals surface area contributed by atoms with Crippen molar-refractivity contribution >= 4 is 22.6 Å². The molecule has 0 saturated heterocycles. The second-order valence-corrected chi connectivity index (χ2v) is 3.74. The highest BCUT2D eigenvalue weighted by Crippen LogP contribution is 1.80. The van der Waals surface area contributed by atoms with Crippen molar-refractivity contribution in [2.75, 3.05) is 57.7 Å². The van der Waals surface area contributed by atoms with Gasteiger partial charge in [-0.15, -0.1) is 0 Å². The van der Waals surface area contributed by atoms with E-state index in [-0.39, 0.29) is 0 Å². The van der Waals surface area contributed by atoms with Gasteiger partial charge < -0.3 is 19.5 Å². The number of nitrogens with one attached hydrogen (secondary N) is 1. The lowest BCUT2D eigenvalue weighted by molar-refractivity contribution is 0.0257. The largest absolute Gasteiger partial charge is 0.382 e. The summed E-state index contributed by atoms with van der Waals surface area (Å²) in [5.74, 6) is 0. The summed E-state index contributed by atoms with van der Waals surface area (Å²) in [5, 5.41) is 3.25. The fraction of sp³-hybridized carbons (Fsp3) is 1.00. The normalized spacial score (nSPS) is 10.7. The molecule has 0 aromatic rings. The molecule has 0 spiro atoms. The third-order valence-corrected chi connectivity index (χ3v) is 2.04. The molecule has 0 unspecified atom stereocenters. The molecule has 5 heteroatoms. The Balaban J connectivity index is 2.78. The molecule has 0 aliphatic carbocycles. The smallest absolute Gasteiger partial charge is 0.0701 e. The summed E-state index contributed by atoms with van der Waals surface area (Å²) < 4.78 is 16.5. The average molecular weight is 317 g/mol. The average Bonchev–Trinajstić information content (AvgIpc) is 2.21. The molecule has 4 nitrogen and oxygen atoms in total. The minimum atomic E-state index is 0.646. The standard InChI is InChI=1S/C9H20INO3/c1-12-6-7-14-9-8-13-5-4-11-3-2-10/h11H,2-9H2,1H3. The monoisotopic (exact) mass is 317 g/mol. The predicted molar refractivity (Wildman–Crippen MR) is 65.3 cm³/mol. The minimum Gasteiger partial charge on any atom is -0.382 e. The van der Waals surface area contributed by atoms with Gasteiger partial charge in [0.1, 0.15) is 0 Å². The van der Waals surface area contributed by atoms with E-state index in [1.807, 2.05) is 0 Å². The van der Waals surface area contributed by atoms with Crippen molar-refractivity contribution in [1.29, 1.82) is 0 Å². The summed E-state index contributed by atoms with van der Waals surface area (Å²) >= 11 is 2.34. The van der Waals surface area contributed by atoms with Gasteiger partial charge in [-0.05, 0) is 0 Å². The lowest BCUT2D eigenvalue weighted by Gasteiger charge is -2.05. The summed E-state index contributed by atoms with van der Waals surface area (Å²) in [6, 6.07) is 0. The highest BCUT2D eigenvalue weighted by atomic mass is 127. The predicted octanol–water partition coefficient (Wildman–Crippen LogP) is 0.691. The molecule has 14 heavy (non-hydrogen) atoms. The van der Waals surface area contributed by atoms with E-state index < -0.39 is 0 Å². The first-order valence-corrected chi connectivity index (χ1v) is 6.35. The number of ether oxygens (including phenoxy) is 3. The zero-order chi connectivity index (χ0) is 10.5. The molecule has 0 fully saturated rings. The van der Waals surface area contributed by atoms with Gasteiger partial charge in [-0.2, -0.15) is 0 Å². The molecule has 0 bridgehead atoms. The molecular weight excluding hydrogens is 297 g/mol. The van der Waals surface area contributed by atoms with Crippen LogP contribution in [0.25, 0.3) is 0 Å². The maximum absolute atomic E-state index is 5.33. The summed E-state index contributed by atoms with van der Waals surface area (Å²) in [5.41, 5.74) is 0. The molecule has 0 saturated carbocycles. The molecule has 0 radical (unpaired) electrons. The Kier molecular flexibility index (Phi) is 14.1. The number of methoxy groups -OCH3 is 1. The van der Waals surface area contributed by atoms with Crippen LogP contribution in [0.4, 0.5) is 0 Å². The first kappa shape index (κ1) is 14.6. The zero-order valence-corrected chi connectivity index (χ0v) is 10.9. The van der Waals surface area contributed by atoms with E-state index in [9.17, 15) is 0 Å². The molecule has 1 N–H and O–H groups in total. The Labute approximate surface area is 99.8 Å². The Hall–Kier alpha value is 0.570. The minimum absolute atomic E-state index is 0.646. The molecule has 0 aromatic heterocycles. The Morgan fingerprint density at radius 3 is 2.21 bits per heavy atom. The van der Waals surface area contributed by atoms with Crippen molar-refractivity contribution in [3.63, 3.8) is 0 Å². The summed E-state index contributed by atoms with van der Waals surface area (Å²) in [6.45, 7) is 5.33. The number of alkyl halides is 1. The maximum atomic E-state index is 5.33. The van der Waals surface area contributed by atoms with Gasteiger partial charge in [-0.3, -0.25) is 0 Å². The summed E-state index contributed by atoms with van der Waals surface area (Å²) in [6.07, 6.45) is 0. The number of rotatable bonds is 11. The van der Waals surface area contributed by atoms with Crippen LogP contribution in [0.3, 0.4) is 0 Å². The van der Waals surface area contributed by atoms with Crippen LogP contribution in [-0.4, -0.2) is 57.7 Å². The summed E-state index contributed by atoms with van der Waals surface area (Å²) in [4.78, 5) is 0. The number of hydrogen-bond donors (Lipinski definition) is 1. The first-order chi connectivity index (χ1) is 6.91. The van der Waals surface area contributed by atoms with E-state index in [2.05, 4.69) is 27.9 Å². The first-order valence-electron chi connectivity index (χ1n) is 4.83. The second-order valence-electron chi connectivity index (χ2n) is 2.66. The van der Waals surface area contributed by atoms with Gasteiger partial charge in [0.15, 0.2) is 0 Å². The van der Waals surface area contributed by atoms with Crippen molar-refractivity contribution < 1.29 is 14.2 Å². The second kappa shape index (κ2) is 13.6. The number of hydrogen-bond acceptors (Lipinski definition) is 4. The molecule has 0 aromatic carbocycles. The van der Waals surface area contributed by atoms with Crippen LogP contribution < -0.4 is 5.32 Å². The topological polar surface area (TPSA) is 39.7 Å². The van der Waals surface area contributed by atoms with Crippen molar-refractivity contribution in [1.82, 2.24) is 5.32 Å². The van der Waals surface area contributed by atoms with E-state index in [1.165, 1.54) is 0 Å². The fourth-order valence-corrected chi connectivity index (χ4v) is 1.18. The van der Waals surface area contributed by atoms with E-state index >= 15 is 0 Å². The van der Waals surface area contributed by atoms with Gasteiger partial charge in [-0.1, -0.05) is 22.6 Å². The van der Waals surface area contributed by atoms with E-state index in [4.69, 9.17) is 14.2 Å². The van der Waals surface area contributed by atoms with Crippen LogP contribution >= 0.6 is 22.6 Å². The van der Waals surface area contributed by atoms with Crippen LogP contribution in [0.1, 0.15) is 0 Å². The highest BCUT2D eigenvalue weighted by Gasteiger charge is 1.89. The van der Waals surface area contributed by atoms with Crippen LogP contribution in [0.5, 0.6) is 0 Å². The zero-order valence-electron chi connectivity index (χ0n) is 8.76. The number of halogens is 1. The molecule has 0 aliphatic heterocycles. The Morgan fingerprint density at radius 2 is 1.57 bits per heavy atom. The van der Waals surface area contributed by atoms with Gasteiger partial charge >= 0.3 is 0 Å². The third-order valence-electron chi connectivity index (χ3n) is 1.50. The van der Waals surface area contributed by atoms with E-state index in [1.54, 1.807) is 7.11 Å². The van der Waals surface area contributed by atoms with E-state index in [0.717, 1.165) is 24.1 Å². The van der Waals surface area contributed by atoms with Gasteiger partial charge in [-0.25, -0.2) is 0 Å². The molecule has 0 rings (SSSR count). The highest BCUT2D eigenvalue weighted by molar-refractivity contribution is 14.1. The quantitative estimate of drug-likeness (QED) is 0.346. The lowest BCUT2D eigenvalue weighted by atomic mass is 10.6. The third kappa shape index (κ3) is 12.6. The van der Waals surface area contributed by atoms with Crippen molar-refractivity contribution in [3.05, 3.63) is 0 Å². The molecule has 0 aliphatic rings. The maximum Gasteiger partial charge on any atom is 0.0701 e. The van der Waals surface area contributed by atoms with Crippen LogP contribution in [-0.2, 0) is 14.2 Å². The Bertz CT molecular complexity index is 94.1. The van der Waals surface area contributed by atoms with Crippen molar-refractivity contribution in [3.8, 4) is 0 Å². The molecule has 0 amide bonds. The summed E-state index contributed by atoms with van der Waals surface area (Å²) in [7, 11) is 1.67. The lowest BCUT2D eigenvalue weighted by Crippen LogP contribution is -2.22. The fourth-order valence-electron chi connectivity index (χ4n) is 0.800. The van der Waals surface area contributed by atoms with Gasteiger partial charge in [0.25, 0.3) is 0 Å². The SMILES string of the molecule is COCCOCCOCCNCCI. The van der Waals surface area contributed by atoms with Gasteiger partial charge in [0.05, 0.1) is 33.0 Å². The van der Waals surface area contributed by atoms with Gasteiger partial charge in [0, 0.05) is 24.6 Å². The van der Waals surface area contributed by atoms with E-state index in [0.29, 0.717) is 26.4 Å². The van der Waals surface area contributed by atoms with Crippen molar-refractivity contribution in [2.24, 2.45) is 0 Å².